The van der Waals surface area contributed by atoms with Gasteiger partial charge in [-0.05, 0) is 24.8 Å². The molecule has 1 aromatic heterocycles. The van der Waals surface area contributed by atoms with Gasteiger partial charge in [-0.15, -0.1) is 11.3 Å². The third-order valence-electron chi connectivity index (χ3n) is 4.56. The number of hydrazine groups is 1. The maximum Gasteiger partial charge on any atom is 0.131 e. The first kappa shape index (κ1) is 15.8. The summed E-state index contributed by atoms with van der Waals surface area (Å²) in [4.78, 5) is 1.21. The van der Waals surface area contributed by atoms with Gasteiger partial charge in [0.25, 0.3) is 0 Å². The average Bonchev–Trinajstić information content (AvgIpc) is 3.02. The second-order valence-corrected chi connectivity index (χ2v) is 7.24. The monoisotopic (exact) mass is 322 g/mol. The van der Waals surface area contributed by atoms with Crippen LogP contribution in [0.25, 0.3) is 5.57 Å². The fourth-order valence-corrected chi connectivity index (χ4v) is 4.65. The predicted molar refractivity (Wildman–Crippen MR) is 91.9 cm³/mol. The summed E-state index contributed by atoms with van der Waals surface area (Å²) < 4.78 is 0. The Labute approximate surface area is 136 Å². The maximum atomic E-state index is 9.77. The number of nitrogens with zero attached hydrogens (tertiary/aromatic N) is 1. The Morgan fingerprint density at radius 3 is 3.00 bits per heavy atom. The molecule has 0 spiro atoms. The molecule has 22 heavy (non-hydrogen) atoms. The molecular formula is C16H26N4OS. The summed E-state index contributed by atoms with van der Waals surface area (Å²) in [6.07, 6.45) is 8.25. The van der Waals surface area contributed by atoms with E-state index in [1.807, 2.05) is 0 Å². The molecule has 0 saturated carbocycles. The summed E-state index contributed by atoms with van der Waals surface area (Å²) in [5, 5.41) is 12.6. The number of nitrogens with one attached hydrogen (secondary N) is 1. The first-order valence-corrected chi connectivity index (χ1v) is 9.03. The van der Waals surface area contributed by atoms with Crippen LogP contribution in [0.3, 0.4) is 0 Å². The number of nitrogens with two attached hydrogens (primary N) is 2. The van der Waals surface area contributed by atoms with E-state index in [1.54, 1.807) is 11.3 Å². The Morgan fingerprint density at radius 1 is 1.45 bits per heavy atom. The fourth-order valence-electron chi connectivity index (χ4n) is 3.43. The minimum atomic E-state index is -0.975. The predicted octanol–water partition coefficient (Wildman–Crippen LogP) is 2.34. The van der Waals surface area contributed by atoms with E-state index in [-0.39, 0.29) is 0 Å². The van der Waals surface area contributed by atoms with Crippen molar-refractivity contribution in [3.05, 3.63) is 22.2 Å². The lowest BCUT2D eigenvalue weighted by Gasteiger charge is -2.24. The molecule has 0 amide bonds. The molecule has 3 rings (SSSR count). The van der Waals surface area contributed by atoms with E-state index in [0.29, 0.717) is 11.0 Å². The Balaban J connectivity index is 1.76. The number of anilines is 1. The quantitative estimate of drug-likeness (QED) is 0.477. The normalized spacial score (nSPS) is 21.5. The van der Waals surface area contributed by atoms with Crippen LogP contribution in [0.5, 0.6) is 0 Å². The Morgan fingerprint density at radius 2 is 2.27 bits per heavy atom. The zero-order chi connectivity index (χ0) is 15.7. The minimum absolute atomic E-state index is 0.375. The molecule has 0 radical (unpaired) electrons. The van der Waals surface area contributed by atoms with E-state index in [0.717, 1.165) is 30.5 Å². The molecule has 6 heteroatoms. The van der Waals surface area contributed by atoms with Crippen LogP contribution in [0.1, 0.15) is 61.3 Å². The van der Waals surface area contributed by atoms with Crippen LogP contribution in [0.4, 0.5) is 5.00 Å². The molecule has 0 saturated heterocycles. The Bertz CT molecular complexity index is 567. The van der Waals surface area contributed by atoms with Gasteiger partial charge in [0.1, 0.15) is 6.23 Å². The number of fused-ring (bicyclic) bond motifs is 3. The molecule has 122 valence electrons. The van der Waals surface area contributed by atoms with Gasteiger partial charge in [0.2, 0.25) is 0 Å². The molecule has 2 atom stereocenters. The van der Waals surface area contributed by atoms with Crippen molar-refractivity contribution in [3.63, 3.8) is 0 Å². The van der Waals surface area contributed by atoms with E-state index < -0.39 is 6.23 Å². The molecule has 6 N–H and O–H groups in total. The molecule has 1 aliphatic heterocycles. The number of hydrogen-bond acceptors (Lipinski definition) is 6. The second-order valence-electron chi connectivity index (χ2n) is 6.19. The Hall–Kier alpha value is -1.08. The van der Waals surface area contributed by atoms with Crippen LogP contribution in [-0.4, -0.2) is 22.7 Å². The minimum Gasteiger partial charge on any atom is -0.390 e. The number of rotatable bonds is 6. The second kappa shape index (κ2) is 6.58. The van der Waals surface area contributed by atoms with Crippen LogP contribution in [-0.2, 0) is 6.42 Å². The van der Waals surface area contributed by atoms with Crippen molar-refractivity contribution in [1.82, 2.24) is 10.4 Å². The largest absolute Gasteiger partial charge is 0.390 e. The SMILES string of the molecule is CCCCCCN1C=C2c3sc(N)c(C(N)O)c3CCC2N1. The van der Waals surface area contributed by atoms with Gasteiger partial charge in [0.15, 0.2) is 0 Å². The van der Waals surface area contributed by atoms with Crippen LogP contribution < -0.4 is 16.9 Å². The van der Waals surface area contributed by atoms with E-state index >= 15 is 0 Å². The summed E-state index contributed by atoms with van der Waals surface area (Å²) in [5.41, 5.74) is 18.5. The molecule has 0 fully saturated rings. The average molecular weight is 322 g/mol. The molecule has 1 aromatic rings. The maximum absolute atomic E-state index is 9.77. The van der Waals surface area contributed by atoms with Crippen molar-refractivity contribution >= 4 is 21.9 Å². The van der Waals surface area contributed by atoms with Crippen LogP contribution >= 0.6 is 11.3 Å². The molecule has 2 aliphatic rings. The van der Waals surface area contributed by atoms with Crippen molar-refractivity contribution in [2.45, 2.75) is 57.7 Å². The van der Waals surface area contributed by atoms with Crippen LogP contribution in [0.15, 0.2) is 6.20 Å². The van der Waals surface area contributed by atoms with Gasteiger partial charge < -0.3 is 21.6 Å². The highest BCUT2D eigenvalue weighted by molar-refractivity contribution is 7.17. The fraction of sp³-hybridized carbons (Fsp3) is 0.625. The third kappa shape index (κ3) is 2.88. The summed E-state index contributed by atoms with van der Waals surface area (Å²) in [6, 6.07) is 0.375. The van der Waals surface area contributed by atoms with Gasteiger partial charge in [-0.3, -0.25) is 0 Å². The summed E-state index contributed by atoms with van der Waals surface area (Å²) in [5.74, 6) is 0. The van der Waals surface area contributed by atoms with Crippen LogP contribution in [0, 0.1) is 0 Å². The zero-order valence-corrected chi connectivity index (χ0v) is 14.0. The molecule has 2 unspecified atom stereocenters. The number of nitrogen functional groups attached to an aromatic ring is 1. The summed E-state index contributed by atoms with van der Waals surface area (Å²) in [6.45, 7) is 3.28. The molecule has 1 aliphatic carbocycles. The summed E-state index contributed by atoms with van der Waals surface area (Å²) in [7, 11) is 0. The van der Waals surface area contributed by atoms with Gasteiger partial charge in [-0.2, -0.15) is 0 Å². The van der Waals surface area contributed by atoms with Gasteiger partial charge in [0, 0.05) is 28.8 Å². The third-order valence-corrected chi connectivity index (χ3v) is 5.69. The smallest absolute Gasteiger partial charge is 0.131 e. The highest BCUT2D eigenvalue weighted by Crippen LogP contribution is 2.44. The van der Waals surface area contributed by atoms with Crippen molar-refractivity contribution < 1.29 is 5.11 Å². The molecule has 2 heterocycles. The van der Waals surface area contributed by atoms with E-state index in [1.165, 1.54) is 36.1 Å². The number of thiophene rings is 1. The van der Waals surface area contributed by atoms with Crippen molar-refractivity contribution in [1.29, 1.82) is 0 Å². The van der Waals surface area contributed by atoms with E-state index in [2.05, 4.69) is 23.6 Å². The number of unbranched alkanes of at least 4 members (excludes halogenated alkanes) is 3. The lowest BCUT2D eigenvalue weighted by atomic mass is 9.89. The highest BCUT2D eigenvalue weighted by atomic mass is 32.1. The lowest BCUT2D eigenvalue weighted by molar-refractivity contribution is 0.186. The number of aliphatic hydroxyl groups is 1. The molecular weight excluding hydrogens is 296 g/mol. The number of aliphatic hydroxyl groups excluding tert-OH is 1. The van der Waals surface area contributed by atoms with Gasteiger partial charge in [-0.25, -0.2) is 5.43 Å². The first-order chi connectivity index (χ1) is 10.6. The lowest BCUT2D eigenvalue weighted by Crippen LogP contribution is -2.37. The van der Waals surface area contributed by atoms with Crippen molar-refractivity contribution in [3.8, 4) is 0 Å². The first-order valence-electron chi connectivity index (χ1n) is 8.21. The van der Waals surface area contributed by atoms with E-state index in [9.17, 15) is 5.11 Å². The van der Waals surface area contributed by atoms with Crippen molar-refractivity contribution in [2.75, 3.05) is 12.3 Å². The Kier molecular flexibility index (Phi) is 4.73. The molecule has 5 nitrogen and oxygen atoms in total. The topological polar surface area (TPSA) is 87.5 Å². The van der Waals surface area contributed by atoms with Gasteiger partial charge in [0.05, 0.1) is 11.0 Å². The highest BCUT2D eigenvalue weighted by Gasteiger charge is 2.34. The molecule has 0 aromatic carbocycles. The van der Waals surface area contributed by atoms with Gasteiger partial charge in [-0.1, -0.05) is 26.2 Å². The number of hydrogen-bond donors (Lipinski definition) is 4. The molecule has 0 bridgehead atoms. The van der Waals surface area contributed by atoms with E-state index in [4.69, 9.17) is 11.5 Å². The van der Waals surface area contributed by atoms with Crippen molar-refractivity contribution in [2.24, 2.45) is 5.73 Å². The summed E-state index contributed by atoms with van der Waals surface area (Å²) >= 11 is 1.56. The standard InChI is InChI=1S/C16H26N4OS/c1-2-3-4-5-8-20-9-11-12(19-20)7-6-10-13(15(17)21)16(18)22-14(10)11/h9,12,15,19,21H,2-8,17-18H2,1H3. The van der Waals surface area contributed by atoms with Crippen LogP contribution in [0.2, 0.25) is 0 Å². The van der Waals surface area contributed by atoms with Gasteiger partial charge >= 0.3 is 0 Å². The zero-order valence-electron chi connectivity index (χ0n) is 13.1.